The standard InChI is InChI=1S/C15H24N2O/c1-3-13-6-8-14(9-7-13)12-15(18)17-11-5-4-10-16-2/h6-9,16H,3-5,10-12H2,1-2H3,(H,17,18). The van der Waals surface area contributed by atoms with Crippen LogP contribution < -0.4 is 10.6 Å². The van der Waals surface area contributed by atoms with Crippen molar-refractivity contribution in [2.24, 2.45) is 0 Å². The van der Waals surface area contributed by atoms with E-state index >= 15 is 0 Å². The zero-order valence-electron chi connectivity index (χ0n) is 11.5. The second kappa shape index (κ2) is 8.70. The number of aryl methyl sites for hydroxylation is 1. The summed E-state index contributed by atoms with van der Waals surface area (Å²) in [6, 6.07) is 8.27. The van der Waals surface area contributed by atoms with Crippen molar-refractivity contribution in [3.05, 3.63) is 35.4 Å². The van der Waals surface area contributed by atoms with E-state index < -0.39 is 0 Å². The number of unbranched alkanes of at least 4 members (excludes halogenated alkanes) is 1. The molecule has 100 valence electrons. The Morgan fingerprint density at radius 2 is 1.67 bits per heavy atom. The van der Waals surface area contributed by atoms with Crippen molar-refractivity contribution in [2.75, 3.05) is 20.1 Å². The first-order chi connectivity index (χ1) is 8.76. The lowest BCUT2D eigenvalue weighted by molar-refractivity contribution is -0.120. The number of hydrogen-bond acceptors (Lipinski definition) is 2. The van der Waals surface area contributed by atoms with E-state index in [4.69, 9.17) is 0 Å². The van der Waals surface area contributed by atoms with Gasteiger partial charge in [-0.15, -0.1) is 0 Å². The molecule has 0 fully saturated rings. The first kappa shape index (κ1) is 14.7. The fourth-order valence-corrected chi connectivity index (χ4v) is 1.80. The van der Waals surface area contributed by atoms with Crippen LogP contribution in [0.4, 0.5) is 0 Å². The maximum Gasteiger partial charge on any atom is 0.224 e. The van der Waals surface area contributed by atoms with Gasteiger partial charge in [0.25, 0.3) is 0 Å². The van der Waals surface area contributed by atoms with Gasteiger partial charge in [-0.25, -0.2) is 0 Å². The van der Waals surface area contributed by atoms with Gasteiger partial charge in [0, 0.05) is 6.54 Å². The maximum atomic E-state index is 11.7. The number of benzene rings is 1. The van der Waals surface area contributed by atoms with Crippen LogP contribution in [0.1, 0.15) is 30.9 Å². The molecule has 0 aliphatic carbocycles. The molecular weight excluding hydrogens is 224 g/mol. The molecule has 3 heteroatoms. The van der Waals surface area contributed by atoms with Crippen LogP contribution >= 0.6 is 0 Å². The second-order valence-electron chi connectivity index (χ2n) is 4.51. The molecule has 0 saturated heterocycles. The van der Waals surface area contributed by atoms with Gasteiger partial charge in [0.05, 0.1) is 6.42 Å². The first-order valence-electron chi connectivity index (χ1n) is 6.75. The quantitative estimate of drug-likeness (QED) is 0.690. The third-order valence-electron chi connectivity index (χ3n) is 2.97. The molecule has 18 heavy (non-hydrogen) atoms. The summed E-state index contributed by atoms with van der Waals surface area (Å²) in [4.78, 5) is 11.7. The van der Waals surface area contributed by atoms with Gasteiger partial charge < -0.3 is 10.6 Å². The summed E-state index contributed by atoms with van der Waals surface area (Å²) >= 11 is 0. The van der Waals surface area contributed by atoms with Crippen molar-refractivity contribution in [2.45, 2.75) is 32.6 Å². The Morgan fingerprint density at radius 1 is 1.06 bits per heavy atom. The Hall–Kier alpha value is -1.35. The third kappa shape index (κ3) is 5.82. The average Bonchev–Trinajstić information content (AvgIpc) is 2.39. The summed E-state index contributed by atoms with van der Waals surface area (Å²) in [6.45, 7) is 3.91. The van der Waals surface area contributed by atoms with E-state index in [-0.39, 0.29) is 5.91 Å². The van der Waals surface area contributed by atoms with Crippen molar-refractivity contribution >= 4 is 5.91 Å². The highest BCUT2D eigenvalue weighted by atomic mass is 16.1. The maximum absolute atomic E-state index is 11.7. The van der Waals surface area contributed by atoms with Gasteiger partial charge in [-0.2, -0.15) is 0 Å². The van der Waals surface area contributed by atoms with Crippen LogP contribution in [0.3, 0.4) is 0 Å². The van der Waals surface area contributed by atoms with E-state index in [1.54, 1.807) is 0 Å². The van der Waals surface area contributed by atoms with E-state index in [9.17, 15) is 4.79 Å². The molecule has 0 saturated carbocycles. The van der Waals surface area contributed by atoms with Gasteiger partial charge in [0.1, 0.15) is 0 Å². The van der Waals surface area contributed by atoms with E-state index in [0.29, 0.717) is 6.42 Å². The minimum Gasteiger partial charge on any atom is -0.356 e. The second-order valence-corrected chi connectivity index (χ2v) is 4.51. The number of carbonyl (C=O) groups is 1. The highest BCUT2D eigenvalue weighted by molar-refractivity contribution is 5.78. The zero-order chi connectivity index (χ0) is 13.2. The van der Waals surface area contributed by atoms with Crippen molar-refractivity contribution in [1.29, 1.82) is 0 Å². The lowest BCUT2D eigenvalue weighted by Gasteiger charge is -2.06. The van der Waals surface area contributed by atoms with E-state index in [2.05, 4.69) is 29.7 Å². The molecule has 0 aromatic heterocycles. The summed E-state index contributed by atoms with van der Waals surface area (Å²) < 4.78 is 0. The monoisotopic (exact) mass is 248 g/mol. The summed E-state index contributed by atoms with van der Waals surface area (Å²) in [7, 11) is 1.94. The van der Waals surface area contributed by atoms with Crippen molar-refractivity contribution in [3.8, 4) is 0 Å². The number of rotatable bonds is 8. The van der Waals surface area contributed by atoms with Crippen LogP contribution in [0, 0.1) is 0 Å². The molecule has 1 amide bonds. The molecule has 0 heterocycles. The molecule has 0 unspecified atom stereocenters. The molecule has 0 bridgehead atoms. The Bertz CT molecular complexity index is 346. The SMILES string of the molecule is CCc1ccc(CC(=O)NCCCCNC)cc1. The zero-order valence-corrected chi connectivity index (χ0v) is 11.5. The molecule has 1 aromatic rings. The van der Waals surface area contributed by atoms with Gasteiger partial charge in [0.2, 0.25) is 5.91 Å². The number of nitrogens with one attached hydrogen (secondary N) is 2. The third-order valence-corrected chi connectivity index (χ3v) is 2.97. The average molecular weight is 248 g/mol. The highest BCUT2D eigenvalue weighted by Gasteiger charge is 2.02. The number of carbonyl (C=O) groups excluding carboxylic acids is 1. The van der Waals surface area contributed by atoms with Crippen LogP contribution in [0.15, 0.2) is 24.3 Å². The molecule has 1 aromatic carbocycles. The molecule has 0 atom stereocenters. The lowest BCUT2D eigenvalue weighted by Crippen LogP contribution is -2.26. The molecule has 0 aliphatic rings. The van der Waals surface area contributed by atoms with Crippen LogP contribution in [0.25, 0.3) is 0 Å². The first-order valence-corrected chi connectivity index (χ1v) is 6.75. The summed E-state index contributed by atoms with van der Waals surface area (Å²) in [6.07, 6.45) is 3.65. The summed E-state index contributed by atoms with van der Waals surface area (Å²) in [5.41, 5.74) is 2.39. The van der Waals surface area contributed by atoms with Crippen LogP contribution in [-0.4, -0.2) is 26.0 Å². The van der Waals surface area contributed by atoms with Gasteiger partial charge in [-0.3, -0.25) is 4.79 Å². The molecule has 3 nitrogen and oxygen atoms in total. The molecule has 0 aliphatic heterocycles. The fourth-order valence-electron chi connectivity index (χ4n) is 1.80. The molecule has 1 rings (SSSR count). The normalized spacial score (nSPS) is 10.3. The Morgan fingerprint density at radius 3 is 2.28 bits per heavy atom. The minimum absolute atomic E-state index is 0.115. The largest absolute Gasteiger partial charge is 0.356 e. The van der Waals surface area contributed by atoms with Crippen molar-refractivity contribution < 1.29 is 4.79 Å². The smallest absolute Gasteiger partial charge is 0.224 e. The number of hydrogen-bond donors (Lipinski definition) is 2. The van der Waals surface area contributed by atoms with Crippen molar-refractivity contribution in [3.63, 3.8) is 0 Å². The Labute approximate surface area is 110 Å². The predicted molar refractivity (Wildman–Crippen MR) is 75.7 cm³/mol. The molecule has 2 N–H and O–H groups in total. The summed E-state index contributed by atoms with van der Waals surface area (Å²) in [5.74, 6) is 0.115. The molecular formula is C15H24N2O. The van der Waals surface area contributed by atoms with Crippen LogP contribution in [0.5, 0.6) is 0 Å². The molecule has 0 spiro atoms. The van der Waals surface area contributed by atoms with Gasteiger partial charge >= 0.3 is 0 Å². The summed E-state index contributed by atoms with van der Waals surface area (Å²) in [5, 5.41) is 6.05. The Balaban J connectivity index is 2.22. The number of amides is 1. The minimum atomic E-state index is 0.115. The lowest BCUT2D eigenvalue weighted by atomic mass is 10.1. The van der Waals surface area contributed by atoms with Gasteiger partial charge in [-0.05, 0) is 44.0 Å². The van der Waals surface area contributed by atoms with Crippen LogP contribution in [-0.2, 0) is 17.6 Å². The molecule has 0 radical (unpaired) electrons. The van der Waals surface area contributed by atoms with Crippen LogP contribution in [0.2, 0.25) is 0 Å². The predicted octanol–water partition coefficient (Wildman–Crippen LogP) is 1.91. The van der Waals surface area contributed by atoms with E-state index in [0.717, 1.165) is 37.9 Å². The van der Waals surface area contributed by atoms with Crippen molar-refractivity contribution in [1.82, 2.24) is 10.6 Å². The fraction of sp³-hybridized carbons (Fsp3) is 0.533. The Kier molecular flexibility index (Phi) is 7.11. The van der Waals surface area contributed by atoms with Gasteiger partial charge in [0.15, 0.2) is 0 Å². The van der Waals surface area contributed by atoms with Gasteiger partial charge in [-0.1, -0.05) is 31.2 Å². The van der Waals surface area contributed by atoms with E-state index in [1.807, 2.05) is 19.2 Å². The van der Waals surface area contributed by atoms with E-state index in [1.165, 1.54) is 5.56 Å². The topological polar surface area (TPSA) is 41.1 Å². The highest BCUT2D eigenvalue weighted by Crippen LogP contribution is 2.05.